The highest BCUT2D eigenvalue weighted by Crippen LogP contribution is 2.26. The molecule has 0 aromatic heterocycles. The minimum atomic E-state index is -0.753. The van der Waals surface area contributed by atoms with E-state index in [0.29, 0.717) is 22.9 Å². The predicted molar refractivity (Wildman–Crippen MR) is 93.2 cm³/mol. The zero-order chi connectivity index (χ0) is 16.9. The van der Waals surface area contributed by atoms with Crippen molar-refractivity contribution in [2.24, 2.45) is 0 Å². The van der Waals surface area contributed by atoms with Crippen molar-refractivity contribution in [1.29, 1.82) is 0 Å². The van der Waals surface area contributed by atoms with Gasteiger partial charge in [0, 0.05) is 17.5 Å². The number of nitrogens with one attached hydrogen (secondary N) is 1. The van der Waals surface area contributed by atoms with E-state index < -0.39 is 6.10 Å². The van der Waals surface area contributed by atoms with Crippen LogP contribution in [-0.4, -0.2) is 17.1 Å². The van der Waals surface area contributed by atoms with Gasteiger partial charge in [-0.25, -0.2) is 0 Å². The molecule has 0 spiro atoms. The Hall–Kier alpha value is -2.30. The molecule has 1 fully saturated rings. The second kappa shape index (κ2) is 7.51. The minimum absolute atomic E-state index is 0.000602. The van der Waals surface area contributed by atoms with Crippen LogP contribution in [0.2, 0.25) is 5.02 Å². The van der Waals surface area contributed by atoms with Crippen LogP contribution in [0.3, 0.4) is 0 Å². The molecule has 2 aromatic rings. The van der Waals surface area contributed by atoms with E-state index in [4.69, 9.17) is 16.3 Å². The quantitative estimate of drug-likeness (QED) is 0.807. The molecule has 2 aromatic carbocycles. The molecular formula is C19H18ClNO3. The lowest BCUT2D eigenvalue weighted by Crippen LogP contribution is -2.23. The lowest BCUT2D eigenvalue weighted by Gasteiger charge is -2.11. The van der Waals surface area contributed by atoms with Crippen molar-refractivity contribution in [2.75, 3.05) is 0 Å². The van der Waals surface area contributed by atoms with E-state index in [-0.39, 0.29) is 11.9 Å². The summed E-state index contributed by atoms with van der Waals surface area (Å²) in [4.78, 5) is 11.2. The van der Waals surface area contributed by atoms with Gasteiger partial charge in [0.15, 0.2) is 0 Å². The summed E-state index contributed by atoms with van der Waals surface area (Å²) in [6.45, 7) is 0. The van der Waals surface area contributed by atoms with E-state index in [1.54, 1.807) is 36.4 Å². The summed E-state index contributed by atoms with van der Waals surface area (Å²) in [7, 11) is 0. The van der Waals surface area contributed by atoms with Gasteiger partial charge >= 0.3 is 0 Å². The number of rotatable bonds is 5. The Kier molecular flexibility index (Phi) is 5.18. The predicted octanol–water partition coefficient (Wildman–Crippen LogP) is 4.00. The van der Waals surface area contributed by atoms with Crippen molar-refractivity contribution < 1.29 is 14.6 Å². The van der Waals surface area contributed by atoms with Gasteiger partial charge in [-0.1, -0.05) is 35.9 Å². The molecule has 24 heavy (non-hydrogen) atoms. The fraction of sp³-hybridized carbons (Fsp3) is 0.211. The molecule has 0 saturated carbocycles. The van der Waals surface area contributed by atoms with Crippen LogP contribution in [0.25, 0.3) is 0 Å². The van der Waals surface area contributed by atoms with Gasteiger partial charge in [-0.15, -0.1) is 0 Å². The summed E-state index contributed by atoms with van der Waals surface area (Å²) < 4.78 is 5.77. The molecule has 5 heteroatoms. The number of ether oxygens (including phenoxy) is 1. The number of carbonyl (C=O) groups is 1. The third-order valence-corrected chi connectivity index (χ3v) is 4.06. The number of hydrogen-bond acceptors (Lipinski definition) is 3. The number of halogens is 1. The molecular weight excluding hydrogens is 326 g/mol. The molecule has 124 valence electrons. The standard InChI is InChI=1S/C19H18ClNO3/c20-14-4-8-16(9-5-14)24-17-3-1-2-13(12-17)18(22)10-6-15-7-11-19(23)21-15/h1-6,8-10,12,15,18,22H,7,11H2,(H,21,23)/b10-6+/t15-,18?/m0/s1. The average Bonchev–Trinajstić information content (AvgIpc) is 3.00. The topological polar surface area (TPSA) is 58.6 Å². The highest BCUT2D eigenvalue weighted by atomic mass is 35.5. The molecule has 1 heterocycles. The highest BCUT2D eigenvalue weighted by Gasteiger charge is 2.18. The molecule has 0 aliphatic carbocycles. The van der Waals surface area contributed by atoms with Crippen molar-refractivity contribution in [1.82, 2.24) is 5.32 Å². The van der Waals surface area contributed by atoms with Crippen LogP contribution in [0, 0.1) is 0 Å². The first-order valence-corrected chi connectivity index (χ1v) is 8.17. The van der Waals surface area contributed by atoms with Gasteiger partial charge in [-0.3, -0.25) is 4.79 Å². The van der Waals surface area contributed by atoms with Gasteiger partial charge in [-0.2, -0.15) is 0 Å². The lowest BCUT2D eigenvalue weighted by molar-refractivity contribution is -0.119. The summed E-state index contributed by atoms with van der Waals surface area (Å²) in [6.07, 6.45) is 4.08. The highest BCUT2D eigenvalue weighted by molar-refractivity contribution is 6.30. The van der Waals surface area contributed by atoms with Crippen LogP contribution in [0.4, 0.5) is 0 Å². The molecule has 1 saturated heterocycles. The van der Waals surface area contributed by atoms with Gasteiger partial charge in [0.1, 0.15) is 11.5 Å². The van der Waals surface area contributed by atoms with Gasteiger partial charge in [0.25, 0.3) is 0 Å². The van der Waals surface area contributed by atoms with Gasteiger partial charge in [0.2, 0.25) is 5.91 Å². The molecule has 1 unspecified atom stereocenters. The average molecular weight is 344 g/mol. The van der Waals surface area contributed by atoms with E-state index in [1.807, 2.05) is 24.3 Å². The Morgan fingerprint density at radius 3 is 2.71 bits per heavy atom. The third kappa shape index (κ3) is 4.37. The first kappa shape index (κ1) is 16.6. The van der Waals surface area contributed by atoms with Crippen molar-refractivity contribution in [3.8, 4) is 11.5 Å². The summed E-state index contributed by atoms with van der Waals surface area (Å²) in [5.41, 5.74) is 0.724. The Bertz CT molecular complexity index is 743. The largest absolute Gasteiger partial charge is 0.457 e. The van der Waals surface area contributed by atoms with Crippen LogP contribution in [-0.2, 0) is 4.79 Å². The number of carbonyl (C=O) groups excluding carboxylic acids is 1. The Labute approximate surface area is 145 Å². The van der Waals surface area contributed by atoms with E-state index in [1.165, 1.54) is 0 Å². The molecule has 0 radical (unpaired) electrons. The SMILES string of the molecule is O=C1CC[C@H](/C=C/C(O)c2cccc(Oc3ccc(Cl)cc3)c2)N1. The zero-order valence-electron chi connectivity index (χ0n) is 13.0. The van der Waals surface area contributed by atoms with Gasteiger partial charge < -0.3 is 15.2 Å². The first-order chi connectivity index (χ1) is 11.6. The van der Waals surface area contributed by atoms with E-state index in [2.05, 4.69) is 5.32 Å². The molecule has 1 amide bonds. The maximum absolute atomic E-state index is 11.2. The van der Waals surface area contributed by atoms with Crippen molar-refractivity contribution in [3.63, 3.8) is 0 Å². The van der Waals surface area contributed by atoms with Crippen molar-refractivity contribution in [3.05, 3.63) is 71.3 Å². The Balaban J connectivity index is 1.66. The van der Waals surface area contributed by atoms with Crippen LogP contribution < -0.4 is 10.1 Å². The van der Waals surface area contributed by atoms with E-state index in [0.717, 1.165) is 12.0 Å². The number of aliphatic hydroxyl groups is 1. The Morgan fingerprint density at radius 2 is 2.00 bits per heavy atom. The number of hydrogen-bond donors (Lipinski definition) is 2. The third-order valence-electron chi connectivity index (χ3n) is 3.80. The molecule has 3 rings (SSSR count). The molecule has 1 aliphatic heterocycles. The van der Waals surface area contributed by atoms with E-state index in [9.17, 15) is 9.90 Å². The van der Waals surface area contributed by atoms with Crippen molar-refractivity contribution >= 4 is 17.5 Å². The molecule has 2 atom stereocenters. The fourth-order valence-corrected chi connectivity index (χ4v) is 2.66. The fourth-order valence-electron chi connectivity index (χ4n) is 2.53. The van der Waals surface area contributed by atoms with Crippen LogP contribution in [0.1, 0.15) is 24.5 Å². The normalized spacial score (nSPS) is 18.6. The summed E-state index contributed by atoms with van der Waals surface area (Å²) in [6, 6.07) is 14.4. The maximum atomic E-state index is 11.2. The summed E-state index contributed by atoms with van der Waals surface area (Å²) in [5, 5.41) is 13.8. The Morgan fingerprint density at radius 1 is 1.21 bits per heavy atom. The summed E-state index contributed by atoms with van der Waals surface area (Å²) >= 11 is 5.86. The zero-order valence-corrected chi connectivity index (χ0v) is 13.7. The van der Waals surface area contributed by atoms with Gasteiger partial charge in [0.05, 0.1) is 6.10 Å². The van der Waals surface area contributed by atoms with Crippen LogP contribution >= 0.6 is 11.6 Å². The lowest BCUT2D eigenvalue weighted by atomic mass is 10.1. The van der Waals surface area contributed by atoms with Gasteiger partial charge in [-0.05, 0) is 48.4 Å². The monoisotopic (exact) mass is 343 g/mol. The second-order valence-corrected chi connectivity index (χ2v) is 6.11. The summed E-state index contributed by atoms with van der Waals surface area (Å²) in [5.74, 6) is 1.36. The minimum Gasteiger partial charge on any atom is -0.457 e. The molecule has 1 aliphatic rings. The molecule has 0 bridgehead atoms. The number of benzene rings is 2. The molecule has 4 nitrogen and oxygen atoms in total. The maximum Gasteiger partial charge on any atom is 0.220 e. The first-order valence-electron chi connectivity index (χ1n) is 7.79. The number of aliphatic hydroxyl groups excluding tert-OH is 1. The second-order valence-electron chi connectivity index (χ2n) is 5.67. The number of amides is 1. The van der Waals surface area contributed by atoms with Crippen LogP contribution in [0.15, 0.2) is 60.7 Å². The van der Waals surface area contributed by atoms with E-state index >= 15 is 0 Å². The smallest absolute Gasteiger partial charge is 0.220 e. The van der Waals surface area contributed by atoms with Crippen molar-refractivity contribution in [2.45, 2.75) is 25.0 Å². The van der Waals surface area contributed by atoms with Crippen LogP contribution in [0.5, 0.6) is 11.5 Å². The molecule has 2 N–H and O–H groups in total.